The van der Waals surface area contributed by atoms with Crippen LogP contribution < -0.4 is 31.5 Å². The van der Waals surface area contributed by atoms with E-state index in [1.54, 1.807) is 47.6 Å². The molecule has 5 aromatic rings. The number of anilines is 4. The molecule has 10 aliphatic rings. The summed E-state index contributed by atoms with van der Waals surface area (Å²) in [7, 11) is 6.92. The number of ether oxygens (including phenoxy) is 5. The zero-order valence-electron chi connectivity index (χ0n) is 83.0. The van der Waals surface area contributed by atoms with Crippen molar-refractivity contribution in [2.45, 2.75) is 317 Å². The summed E-state index contributed by atoms with van der Waals surface area (Å²) in [5.41, 5.74) is 12.4. The highest BCUT2D eigenvalue weighted by Gasteiger charge is 2.40. The average Bonchev–Trinajstić information content (AvgIpc) is 0.800. The molecular weight excluding hydrogens is 1780 g/mol. The molecule has 0 unspecified atom stereocenters. The minimum Gasteiger partial charge on any atom is -0.474 e. The maximum absolute atomic E-state index is 12.9. The number of nitrogens with two attached hydrogens (primary N) is 1. The molecule has 3 amide bonds. The number of pyridine rings is 1. The van der Waals surface area contributed by atoms with Crippen LogP contribution in [0, 0.1) is 41.4 Å². The quantitative estimate of drug-likeness (QED) is 0.0418. The van der Waals surface area contributed by atoms with Crippen LogP contribution in [0.3, 0.4) is 0 Å². The summed E-state index contributed by atoms with van der Waals surface area (Å²) in [6.45, 7) is 45.0. The van der Waals surface area contributed by atoms with Crippen LogP contribution in [-0.2, 0) is 39.7 Å². The van der Waals surface area contributed by atoms with E-state index in [0.29, 0.717) is 41.8 Å². The van der Waals surface area contributed by atoms with E-state index < -0.39 is 46.6 Å². The number of fused-ring (bicyclic) bond motifs is 3. The van der Waals surface area contributed by atoms with Gasteiger partial charge in [-0.15, -0.1) is 0 Å². The van der Waals surface area contributed by atoms with Crippen LogP contribution in [0.1, 0.15) is 298 Å². The van der Waals surface area contributed by atoms with Crippen molar-refractivity contribution >= 4 is 91.1 Å². The molecule has 26 heteroatoms. The Kier molecular flexibility index (Phi) is 41.1. The van der Waals surface area contributed by atoms with Gasteiger partial charge in [-0.25, -0.2) is 29.0 Å². The van der Waals surface area contributed by atoms with Crippen molar-refractivity contribution in [3.8, 4) is 0 Å². The third-order valence-corrected chi connectivity index (χ3v) is 28.1. The maximum atomic E-state index is 12.9. The molecule has 0 bridgehead atoms. The number of carbonyl (C=O) groups excluding carboxylic acids is 5. The average molecular weight is 1940 g/mol. The molecule has 10 heterocycles. The Balaban J connectivity index is 0.000000177. The number of benzene rings is 4. The monoisotopic (exact) mass is 1940 g/mol. The predicted octanol–water partition coefficient (Wildman–Crippen LogP) is 23.0. The third kappa shape index (κ3) is 35.2. The van der Waals surface area contributed by atoms with Crippen LogP contribution >= 0.6 is 31.9 Å². The van der Waals surface area contributed by atoms with Crippen molar-refractivity contribution in [1.29, 1.82) is 0 Å². The minimum atomic E-state index is -1.54. The number of aromatic nitrogens is 1. The number of rotatable bonds is 8. The summed E-state index contributed by atoms with van der Waals surface area (Å²) in [5.74, 6) is 3.15. The van der Waals surface area contributed by atoms with Crippen molar-refractivity contribution in [3.63, 3.8) is 0 Å². The van der Waals surface area contributed by atoms with E-state index in [4.69, 9.17) is 29.8 Å². The fourth-order valence-electron chi connectivity index (χ4n) is 20.1. The number of carbonyl (C=O) groups is 6. The summed E-state index contributed by atoms with van der Waals surface area (Å²) >= 11 is 6.92. The van der Waals surface area contributed by atoms with E-state index in [9.17, 15) is 28.8 Å². The molecule has 10 fully saturated rings. The van der Waals surface area contributed by atoms with Crippen molar-refractivity contribution in [2.75, 3.05) is 114 Å². The fraction of sp³-hybridized carbons (Fsp3) is 0.667. The van der Waals surface area contributed by atoms with E-state index in [1.807, 2.05) is 70.4 Å². The van der Waals surface area contributed by atoms with Gasteiger partial charge in [0.1, 0.15) is 28.2 Å². The van der Waals surface area contributed by atoms with Gasteiger partial charge in [0.2, 0.25) is 0 Å². The lowest BCUT2D eigenvalue weighted by molar-refractivity contribution is -0.147. The maximum Gasteiger partial charge on any atom is 0.519 e. The standard InChI is InChI=1S/C26H41N3O2.C21H33N3.C17H24BrNO2.C12H16BrN.C10H19N.C10H18O5.C9H11N3O3/c1-19-8-13-24(29(17-19)25(30)31-26(2,3)4)20-9-11-22(12-10-20)28-16-14-23-21(18-28)7-6-15-27(23)5;1-16-5-10-20(22-14-16)17-6-8-19(9-7-17)24-13-11-21-18(15-24)4-3-12-23(21)2;1-12-5-10-15(13-6-8-14(18)9-7-13)19(11-12)16(20)21-17(2,3)4;1-9-2-7-12(14-8-9)10-3-5-11(13)6-4-10;1-11-8-4-6-9-5-2-3-7-10(9)11;1-9(2,3)14-7(11)13-8(12)15-10(4,5)6;1-2-5-3-6(4-11-7(5)10)12-8(13)9(14)15/h9-12,19,21,23-24H,6-8,13-18H2,1-5H3;6-9,16,18,20-22H,3-5,10-15H2,1-2H3;6-9,12,15H,5,10-11H2,1-4H3;3-6,9,12,14H,2,7-8H2,1H3;9-10H,2-8H2,1H3;1-6H3;3-4H,2H2,1H3,(H2,10,11)(H,12,13)(H,14,15)/t19-,21-,23+,24+;16-,18-,20+,21+;12-,15+;9-,12+;9-,10-;;/m00001../s1. The van der Waals surface area contributed by atoms with Gasteiger partial charge in [0.05, 0.1) is 24.0 Å². The topological polar surface area (TPSA) is 266 Å². The van der Waals surface area contributed by atoms with Gasteiger partial charge < -0.3 is 84.8 Å². The second-order valence-electron chi connectivity index (χ2n) is 42.8. The highest BCUT2D eigenvalue weighted by atomic mass is 79.9. The van der Waals surface area contributed by atoms with Gasteiger partial charge in [0.15, 0.2) is 0 Å². The van der Waals surface area contributed by atoms with Crippen molar-refractivity contribution in [2.24, 2.45) is 41.4 Å². The lowest BCUT2D eigenvalue weighted by Gasteiger charge is -2.46. The normalized spacial score (nSPS) is 26.0. The van der Waals surface area contributed by atoms with Crippen molar-refractivity contribution in [1.82, 2.24) is 40.1 Å². The zero-order valence-corrected chi connectivity index (χ0v) is 86.1. The molecule has 24 nitrogen and oxygen atoms in total. The number of carboxylic acid groups (broad SMARTS) is 1. The summed E-state index contributed by atoms with van der Waals surface area (Å²) < 4.78 is 27.3. The number of nitrogens with one attached hydrogen (secondary N) is 3. The molecule has 131 heavy (non-hydrogen) atoms. The second-order valence-corrected chi connectivity index (χ2v) is 44.6. The lowest BCUT2D eigenvalue weighted by atomic mass is 9.79. The Labute approximate surface area is 802 Å². The molecule has 6 N–H and O–H groups in total. The summed E-state index contributed by atoms with van der Waals surface area (Å²) in [4.78, 5) is 89.2. The molecule has 0 spiro atoms. The number of nitrogen functional groups attached to an aromatic ring is 1. The molecule has 0 radical (unpaired) electrons. The number of amides is 3. The first kappa shape index (κ1) is 107. The fourth-order valence-corrected chi connectivity index (χ4v) is 20.7. The summed E-state index contributed by atoms with van der Waals surface area (Å²) in [6, 6.07) is 40.9. The van der Waals surface area contributed by atoms with Crippen molar-refractivity contribution < 1.29 is 57.6 Å². The molecular formula is C105H162Br2N12O12. The largest absolute Gasteiger partial charge is 0.519 e. The number of aryl methyl sites for hydroxylation is 1. The van der Waals surface area contributed by atoms with E-state index in [-0.39, 0.29) is 24.3 Å². The highest BCUT2D eigenvalue weighted by molar-refractivity contribution is 9.10. The molecule has 728 valence electrons. The van der Waals surface area contributed by atoms with Gasteiger partial charge in [-0.1, -0.05) is 128 Å². The molecule has 4 aromatic carbocycles. The molecule has 14 atom stereocenters. The van der Waals surface area contributed by atoms with Crippen LogP contribution in [0.5, 0.6) is 0 Å². The van der Waals surface area contributed by atoms with Gasteiger partial charge >= 0.3 is 36.4 Å². The van der Waals surface area contributed by atoms with E-state index in [1.165, 1.54) is 182 Å². The van der Waals surface area contributed by atoms with Gasteiger partial charge in [0.25, 0.3) is 0 Å². The number of halogens is 2. The van der Waals surface area contributed by atoms with Crippen LogP contribution in [0.2, 0.25) is 0 Å². The van der Waals surface area contributed by atoms with Gasteiger partial charge in [-0.05, 0) is 383 Å². The smallest absolute Gasteiger partial charge is 0.474 e. The number of piperidine rings is 9. The molecule has 1 saturated carbocycles. The molecule has 1 aromatic heterocycles. The molecule has 1 aliphatic carbocycles. The molecule has 9 aliphatic heterocycles. The number of hydrogen-bond acceptors (Lipinski definition) is 20. The van der Waals surface area contributed by atoms with Gasteiger partial charge in [-0.3, -0.25) is 4.79 Å². The first-order valence-electron chi connectivity index (χ1n) is 49.0. The minimum absolute atomic E-state index is 0.109. The molecule has 15 rings (SSSR count). The first-order valence-corrected chi connectivity index (χ1v) is 50.6. The van der Waals surface area contributed by atoms with E-state index >= 15 is 0 Å². The SMILES string of the molecule is CC(C)(C)OC(=O)OC(=O)OC(C)(C)C.CCc1cc(NC(=O)C(=O)O)cnc1N.CN1CCC[C@H]2CCCC[C@H]21.C[C@H]1CC[C@H](c2ccc(Br)cc2)N(C(=O)OC(C)(C)C)C1.C[C@H]1CC[C@H](c2ccc(Br)cc2)NC1.C[C@H]1CC[C@H](c2ccc(N3CC[C@@H]4[C@@H](CCCN4C)C3)cc2)N(C(=O)OC(C)(C)C)C1.C[C@H]1CC[C@H](c2ccc(N3CC[C@@H]4[C@@H](CCCN4C)C3)cc2)NC1. The van der Waals surface area contributed by atoms with Crippen LogP contribution in [-0.4, -0.2) is 205 Å². The Morgan fingerprint density at radius 1 is 0.443 bits per heavy atom. The number of hydrogen-bond donors (Lipinski definition) is 5. The predicted molar refractivity (Wildman–Crippen MR) is 535 cm³/mol. The summed E-state index contributed by atoms with van der Waals surface area (Å²) in [5, 5.41) is 17.9. The number of likely N-dealkylation sites (tertiary alicyclic amines) is 5. The second kappa shape index (κ2) is 50.3. The van der Waals surface area contributed by atoms with Crippen LogP contribution in [0.4, 0.5) is 42.1 Å². The Bertz CT molecular complexity index is 4320. The zero-order chi connectivity index (χ0) is 95.7. The molecule has 9 saturated heterocycles. The van der Waals surface area contributed by atoms with Crippen LogP contribution in [0.15, 0.2) is 118 Å². The van der Waals surface area contributed by atoms with Gasteiger partial charge in [-0.2, -0.15) is 0 Å². The Morgan fingerprint density at radius 2 is 0.802 bits per heavy atom. The van der Waals surface area contributed by atoms with E-state index in [2.05, 4.69) is 216 Å². The summed E-state index contributed by atoms with van der Waals surface area (Å²) in [6.07, 6.45) is 25.9. The number of nitrogens with zero attached hydrogens (tertiary/aromatic N) is 8. The third-order valence-electron chi connectivity index (χ3n) is 27.0. The highest BCUT2D eigenvalue weighted by Crippen LogP contribution is 2.41. The van der Waals surface area contributed by atoms with E-state index in [0.717, 1.165) is 121 Å². The Hall–Kier alpha value is -7.59. The lowest BCUT2D eigenvalue weighted by Crippen LogP contribution is -2.52. The number of carboxylic acids is 1. The van der Waals surface area contributed by atoms with Crippen LogP contribution in [0.25, 0.3) is 0 Å². The Morgan fingerprint density at radius 3 is 1.18 bits per heavy atom. The van der Waals surface area contributed by atoms with Gasteiger partial charge in [0, 0.05) is 89.8 Å². The first-order chi connectivity index (χ1) is 61.8. The number of aliphatic carboxylic acids is 1. The van der Waals surface area contributed by atoms with Crippen molar-refractivity contribution in [3.05, 3.63) is 146 Å².